The molecule has 0 atom stereocenters. The second kappa shape index (κ2) is 6.61. The molecule has 0 spiro atoms. The summed E-state index contributed by atoms with van der Waals surface area (Å²) in [4.78, 5) is 4.36. The predicted molar refractivity (Wildman–Crippen MR) is 94.5 cm³/mol. The number of hydrogen-bond donors (Lipinski definition) is 1. The van der Waals surface area contributed by atoms with Crippen LogP contribution in [-0.4, -0.2) is 13.4 Å². The lowest BCUT2D eigenvalue weighted by molar-refractivity contribution is 0.601. The van der Waals surface area contributed by atoms with Gasteiger partial charge in [-0.25, -0.2) is 13.4 Å². The van der Waals surface area contributed by atoms with Crippen LogP contribution in [0, 0.1) is 11.3 Å². The van der Waals surface area contributed by atoms with E-state index in [0.29, 0.717) is 16.3 Å². The summed E-state index contributed by atoms with van der Waals surface area (Å²) in [5.74, 6) is 0. The molecule has 0 amide bonds. The number of anilines is 1. The van der Waals surface area contributed by atoms with Crippen molar-refractivity contribution >= 4 is 38.1 Å². The third-order valence-corrected chi connectivity index (χ3v) is 5.65. The van der Waals surface area contributed by atoms with E-state index in [4.69, 9.17) is 16.9 Å². The van der Waals surface area contributed by atoms with E-state index in [0.717, 1.165) is 5.56 Å². The highest BCUT2D eigenvalue weighted by molar-refractivity contribution is 7.93. The maximum absolute atomic E-state index is 12.3. The average molecular weight is 376 g/mol. The van der Waals surface area contributed by atoms with Crippen molar-refractivity contribution in [2.45, 2.75) is 4.90 Å². The third kappa shape index (κ3) is 3.57. The standard InChI is InChI=1S/C16H10ClN3O2S2/c17-13-5-3-12(4-6-13)15-10-23-16(19-15)20-24(21,22)14-7-1-11(9-18)2-8-14/h1-8,10H,(H,19,20). The van der Waals surface area contributed by atoms with Gasteiger partial charge in [0.2, 0.25) is 0 Å². The zero-order valence-electron chi connectivity index (χ0n) is 12.1. The van der Waals surface area contributed by atoms with Crippen LogP contribution < -0.4 is 4.72 Å². The van der Waals surface area contributed by atoms with Gasteiger partial charge in [0.15, 0.2) is 5.13 Å². The van der Waals surface area contributed by atoms with Crippen LogP contribution in [-0.2, 0) is 10.0 Å². The van der Waals surface area contributed by atoms with Gasteiger partial charge in [0, 0.05) is 16.0 Å². The number of hydrogen-bond acceptors (Lipinski definition) is 5. The molecule has 0 saturated heterocycles. The first-order valence-corrected chi connectivity index (χ1v) is 9.46. The van der Waals surface area contributed by atoms with Gasteiger partial charge in [-0.15, -0.1) is 11.3 Å². The number of nitriles is 1. The first kappa shape index (κ1) is 16.5. The van der Waals surface area contributed by atoms with Crippen LogP contribution in [0.15, 0.2) is 58.8 Å². The largest absolute Gasteiger partial charge is 0.263 e. The molecule has 0 unspecified atom stereocenters. The molecule has 1 N–H and O–H groups in total. The van der Waals surface area contributed by atoms with E-state index < -0.39 is 10.0 Å². The van der Waals surface area contributed by atoms with Crippen molar-refractivity contribution in [3.63, 3.8) is 0 Å². The summed E-state index contributed by atoms with van der Waals surface area (Å²) in [7, 11) is -3.75. The van der Waals surface area contributed by atoms with Crippen molar-refractivity contribution < 1.29 is 8.42 Å². The lowest BCUT2D eigenvalue weighted by Crippen LogP contribution is -2.12. The van der Waals surface area contributed by atoms with Crippen LogP contribution in [0.5, 0.6) is 0 Å². The SMILES string of the molecule is N#Cc1ccc(S(=O)(=O)Nc2nc(-c3ccc(Cl)cc3)cs2)cc1. The molecule has 0 aliphatic heterocycles. The Morgan fingerprint density at radius 2 is 1.75 bits per heavy atom. The molecular weight excluding hydrogens is 366 g/mol. The number of halogens is 1. The number of thiazole rings is 1. The Morgan fingerprint density at radius 3 is 2.38 bits per heavy atom. The van der Waals surface area contributed by atoms with Gasteiger partial charge in [-0.3, -0.25) is 4.72 Å². The Hall–Kier alpha value is -2.40. The molecule has 1 heterocycles. The quantitative estimate of drug-likeness (QED) is 0.742. The minimum Gasteiger partial charge on any atom is -0.255 e. The molecule has 0 aliphatic rings. The molecule has 3 rings (SSSR count). The van der Waals surface area contributed by atoms with Gasteiger partial charge in [-0.05, 0) is 36.4 Å². The van der Waals surface area contributed by atoms with E-state index in [1.54, 1.807) is 17.5 Å². The highest BCUT2D eigenvalue weighted by Gasteiger charge is 2.16. The number of benzene rings is 2. The van der Waals surface area contributed by atoms with Gasteiger partial charge >= 0.3 is 0 Å². The maximum Gasteiger partial charge on any atom is 0.263 e. The molecule has 0 fully saturated rings. The van der Waals surface area contributed by atoms with Crippen LogP contribution >= 0.6 is 22.9 Å². The van der Waals surface area contributed by atoms with Gasteiger partial charge in [0.05, 0.1) is 22.2 Å². The van der Waals surface area contributed by atoms with Crippen molar-refractivity contribution in [2.24, 2.45) is 0 Å². The molecular formula is C16H10ClN3O2S2. The van der Waals surface area contributed by atoms with Gasteiger partial charge in [-0.1, -0.05) is 23.7 Å². The van der Waals surface area contributed by atoms with E-state index in [9.17, 15) is 8.42 Å². The second-order valence-corrected chi connectivity index (χ2v) is 7.76. The Bertz CT molecular complexity index is 1000. The summed E-state index contributed by atoms with van der Waals surface area (Å²) in [5.41, 5.74) is 1.90. The Morgan fingerprint density at radius 1 is 1.08 bits per heavy atom. The number of sulfonamides is 1. The zero-order chi connectivity index (χ0) is 17.2. The van der Waals surface area contributed by atoms with Crippen molar-refractivity contribution in [1.29, 1.82) is 5.26 Å². The summed E-state index contributed by atoms with van der Waals surface area (Å²) in [6.45, 7) is 0. The predicted octanol–water partition coefficient (Wildman–Crippen LogP) is 4.14. The first-order chi connectivity index (χ1) is 11.5. The molecule has 24 heavy (non-hydrogen) atoms. The van der Waals surface area contributed by atoms with Crippen LogP contribution in [0.25, 0.3) is 11.3 Å². The lowest BCUT2D eigenvalue weighted by atomic mass is 10.2. The molecule has 1 aromatic heterocycles. The maximum atomic E-state index is 12.3. The van der Waals surface area contributed by atoms with Gasteiger partial charge in [-0.2, -0.15) is 5.26 Å². The fraction of sp³-hybridized carbons (Fsp3) is 0. The number of nitrogens with zero attached hydrogens (tertiary/aromatic N) is 2. The molecule has 0 saturated carbocycles. The average Bonchev–Trinajstić information content (AvgIpc) is 3.03. The van der Waals surface area contributed by atoms with Crippen LogP contribution in [0.2, 0.25) is 5.02 Å². The van der Waals surface area contributed by atoms with E-state index in [2.05, 4.69) is 9.71 Å². The summed E-state index contributed by atoms with van der Waals surface area (Å²) in [5, 5.41) is 11.4. The monoisotopic (exact) mass is 375 g/mol. The molecule has 0 radical (unpaired) electrons. The normalized spacial score (nSPS) is 11.0. The summed E-state index contributed by atoms with van der Waals surface area (Å²) in [6, 6.07) is 14.7. The van der Waals surface area contributed by atoms with Crippen molar-refractivity contribution in [1.82, 2.24) is 4.98 Å². The Labute approximate surface area is 148 Å². The number of rotatable bonds is 4. The molecule has 3 aromatic rings. The van der Waals surface area contributed by atoms with Crippen LogP contribution in [0.3, 0.4) is 0 Å². The van der Waals surface area contributed by atoms with Gasteiger partial charge in [0.1, 0.15) is 0 Å². The molecule has 120 valence electrons. The van der Waals surface area contributed by atoms with Crippen molar-refractivity contribution in [3.8, 4) is 17.3 Å². The van der Waals surface area contributed by atoms with E-state index in [1.807, 2.05) is 18.2 Å². The van der Waals surface area contributed by atoms with Gasteiger partial charge < -0.3 is 0 Å². The van der Waals surface area contributed by atoms with E-state index >= 15 is 0 Å². The summed E-state index contributed by atoms with van der Waals surface area (Å²) >= 11 is 7.04. The molecule has 5 nitrogen and oxygen atoms in total. The fourth-order valence-electron chi connectivity index (χ4n) is 1.96. The van der Waals surface area contributed by atoms with Crippen molar-refractivity contribution in [3.05, 3.63) is 64.5 Å². The number of aromatic nitrogens is 1. The zero-order valence-corrected chi connectivity index (χ0v) is 14.5. The van der Waals surface area contributed by atoms with E-state index in [-0.39, 0.29) is 10.0 Å². The minimum absolute atomic E-state index is 0.0738. The topological polar surface area (TPSA) is 82.8 Å². The molecule has 2 aromatic carbocycles. The highest BCUT2D eigenvalue weighted by Crippen LogP contribution is 2.27. The highest BCUT2D eigenvalue weighted by atomic mass is 35.5. The minimum atomic E-state index is -3.75. The van der Waals surface area contributed by atoms with E-state index in [1.165, 1.54) is 35.6 Å². The van der Waals surface area contributed by atoms with Crippen LogP contribution in [0.4, 0.5) is 5.13 Å². The third-order valence-electron chi connectivity index (χ3n) is 3.16. The van der Waals surface area contributed by atoms with Crippen molar-refractivity contribution in [2.75, 3.05) is 4.72 Å². The second-order valence-electron chi connectivity index (χ2n) is 4.79. The first-order valence-electron chi connectivity index (χ1n) is 6.72. The molecule has 0 bridgehead atoms. The summed E-state index contributed by atoms with van der Waals surface area (Å²) in [6.07, 6.45) is 0. The molecule has 0 aliphatic carbocycles. The molecule has 8 heteroatoms. The Kier molecular flexibility index (Phi) is 4.53. The summed E-state index contributed by atoms with van der Waals surface area (Å²) < 4.78 is 27.1. The van der Waals surface area contributed by atoms with Crippen LogP contribution in [0.1, 0.15) is 5.56 Å². The smallest absolute Gasteiger partial charge is 0.255 e. The van der Waals surface area contributed by atoms with Gasteiger partial charge in [0.25, 0.3) is 10.0 Å². The fourth-order valence-corrected chi connectivity index (χ4v) is 4.05. The number of nitrogens with one attached hydrogen (secondary N) is 1. The Balaban J connectivity index is 1.83. The lowest BCUT2D eigenvalue weighted by Gasteiger charge is -2.04.